The molecule has 2 aromatic heterocycles. The highest BCUT2D eigenvalue weighted by Crippen LogP contribution is 2.29. The van der Waals surface area contributed by atoms with Gasteiger partial charge in [-0.15, -0.1) is 0 Å². The van der Waals surface area contributed by atoms with Gasteiger partial charge in [-0.25, -0.2) is 0 Å². The Morgan fingerprint density at radius 3 is 2.68 bits per heavy atom. The average Bonchev–Trinajstić information content (AvgIpc) is 2.79. The van der Waals surface area contributed by atoms with E-state index in [9.17, 15) is 0 Å². The van der Waals surface area contributed by atoms with E-state index in [1.54, 1.807) is 12.4 Å². The minimum absolute atomic E-state index is 0.0553. The van der Waals surface area contributed by atoms with Crippen molar-refractivity contribution < 1.29 is 0 Å². The summed E-state index contributed by atoms with van der Waals surface area (Å²) < 4.78 is 3.03. The SMILES string of the molecule is CCNC(c1ccnnc1)c1c(Br)cnn1C(C)C. The number of hydrogen-bond donors (Lipinski definition) is 1. The molecular formula is C13H18BrN5. The molecule has 0 saturated carbocycles. The third-order valence-corrected chi connectivity index (χ3v) is 3.51. The van der Waals surface area contributed by atoms with Crippen molar-refractivity contribution in [2.75, 3.05) is 6.54 Å². The molecule has 19 heavy (non-hydrogen) atoms. The minimum Gasteiger partial charge on any atom is -0.305 e. The standard InChI is InChI=1S/C13H18BrN5/c1-4-15-12(10-5-6-16-17-7-10)13-11(14)8-18-19(13)9(2)3/h5-9,12,15H,4H2,1-3H3. The minimum atomic E-state index is 0.0553. The molecule has 0 aromatic carbocycles. The summed E-state index contributed by atoms with van der Waals surface area (Å²) in [7, 11) is 0. The zero-order valence-electron chi connectivity index (χ0n) is 11.3. The van der Waals surface area contributed by atoms with E-state index in [1.165, 1.54) is 0 Å². The molecule has 0 radical (unpaired) electrons. The number of halogens is 1. The lowest BCUT2D eigenvalue weighted by Crippen LogP contribution is -2.26. The fraction of sp³-hybridized carbons (Fsp3) is 0.462. The van der Waals surface area contributed by atoms with Crippen LogP contribution in [0, 0.1) is 0 Å². The van der Waals surface area contributed by atoms with Crippen LogP contribution in [0.25, 0.3) is 0 Å². The van der Waals surface area contributed by atoms with E-state index in [-0.39, 0.29) is 6.04 Å². The maximum absolute atomic E-state index is 4.44. The number of aromatic nitrogens is 4. The van der Waals surface area contributed by atoms with Crippen LogP contribution in [-0.2, 0) is 0 Å². The van der Waals surface area contributed by atoms with Crippen molar-refractivity contribution in [3.63, 3.8) is 0 Å². The predicted octanol–water partition coefficient (Wildman–Crippen LogP) is 2.72. The molecule has 6 heteroatoms. The van der Waals surface area contributed by atoms with Gasteiger partial charge in [0, 0.05) is 12.2 Å². The van der Waals surface area contributed by atoms with Gasteiger partial charge in [-0.1, -0.05) is 6.92 Å². The van der Waals surface area contributed by atoms with Gasteiger partial charge in [0.2, 0.25) is 0 Å². The Morgan fingerprint density at radius 1 is 1.32 bits per heavy atom. The first-order valence-electron chi connectivity index (χ1n) is 6.38. The zero-order chi connectivity index (χ0) is 13.8. The summed E-state index contributed by atoms with van der Waals surface area (Å²) in [6.45, 7) is 7.20. The second-order valence-electron chi connectivity index (χ2n) is 4.58. The van der Waals surface area contributed by atoms with Crippen LogP contribution >= 0.6 is 15.9 Å². The van der Waals surface area contributed by atoms with Crippen molar-refractivity contribution in [1.29, 1.82) is 0 Å². The van der Waals surface area contributed by atoms with E-state index in [2.05, 4.69) is 57.3 Å². The third kappa shape index (κ3) is 3.01. The van der Waals surface area contributed by atoms with Gasteiger partial charge < -0.3 is 5.32 Å². The molecule has 1 atom stereocenters. The average molecular weight is 324 g/mol. The van der Waals surface area contributed by atoms with Crippen LogP contribution in [0.15, 0.2) is 29.1 Å². The van der Waals surface area contributed by atoms with Crippen LogP contribution in [0.1, 0.15) is 44.1 Å². The van der Waals surface area contributed by atoms with Gasteiger partial charge in [-0.3, -0.25) is 4.68 Å². The maximum Gasteiger partial charge on any atom is 0.0776 e. The molecule has 2 aromatic rings. The summed E-state index contributed by atoms with van der Waals surface area (Å²) in [5.41, 5.74) is 2.20. The Hall–Kier alpha value is -1.27. The fourth-order valence-electron chi connectivity index (χ4n) is 2.08. The van der Waals surface area contributed by atoms with Crippen molar-refractivity contribution in [2.24, 2.45) is 0 Å². The highest BCUT2D eigenvalue weighted by atomic mass is 79.9. The Morgan fingerprint density at radius 2 is 2.11 bits per heavy atom. The molecule has 2 heterocycles. The Balaban J connectivity index is 2.48. The van der Waals surface area contributed by atoms with Crippen LogP contribution in [-0.4, -0.2) is 26.5 Å². The van der Waals surface area contributed by atoms with E-state index in [0.29, 0.717) is 6.04 Å². The summed E-state index contributed by atoms with van der Waals surface area (Å²) in [6, 6.07) is 2.33. The van der Waals surface area contributed by atoms with Crippen molar-refractivity contribution in [3.8, 4) is 0 Å². The van der Waals surface area contributed by atoms with Crippen LogP contribution in [0.2, 0.25) is 0 Å². The Bertz CT molecular complexity index is 523. The fourth-order valence-corrected chi connectivity index (χ4v) is 2.58. The van der Waals surface area contributed by atoms with Gasteiger partial charge in [-0.2, -0.15) is 15.3 Å². The van der Waals surface area contributed by atoms with Gasteiger partial charge in [0.1, 0.15) is 0 Å². The van der Waals surface area contributed by atoms with Crippen molar-refractivity contribution in [1.82, 2.24) is 25.3 Å². The quantitative estimate of drug-likeness (QED) is 0.919. The normalized spacial score (nSPS) is 12.9. The number of nitrogens with one attached hydrogen (secondary N) is 1. The lowest BCUT2D eigenvalue weighted by Gasteiger charge is -2.21. The van der Waals surface area contributed by atoms with E-state index in [4.69, 9.17) is 0 Å². The Kier molecular flexibility index (Phi) is 4.66. The van der Waals surface area contributed by atoms with E-state index < -0.39 is 0 Å². The van der Waals surface area contributed by atoms with Gasteiger partial charge >= 0.3 is 0 Å². The van der Waals surface area contributed by atoms with E-state index in [0.717, 1.165) is 22.3 Å². The lowest BCUT2D eigenvalue weighted by molar-refractivity contribution is 0.474. The van der Waals surface area contributed by atoms with Crippen LogP contribution < -0.4 is 5.32 Å². The second kappa shape index (κ2) is 6.25. The Labute approximate surface area is 121 Å². The highest BCUT2D eigenvalue weighted by molar-refractivity contribution is 9.10. The molecule has 102 valence electrons. The molecule has 0 amide bonds. The smallest absolute Gasteiger partial charge is 0.0776 e. The van der Waals surface area contributed by atoms with Gasteiger partial charge in [0.15, 0.2) is 0 Å². The molecule has 0 saturated heterocycles. The number of rotatable bonds is 5. The van der Waals surface area contributed by atoms with Crippen LogP contribution in [0.4, 0.5) is 0 Å². The van der Waals surface area contributed by atoms with Crippen molar-refractivity contribution >= 4 is 15.9 Å². The van der Waals surface area contributed by atoms with Crippen molar-refractivity contribution in [2.45, 2.75) is 32.9 Å². The molecule has 0 fully saturated rings. The molecule has 5 nitrogen and oxygen atoms in total. The van der Waals surface area contributed by atoms with E-state index in [1.807, 2.05) is 16.9 Å². The van der Waals surface area contributed by atoms with Crippen molar-refractivity contribution in [3.05, 3.63) is 40.4 Å². The van der Waals surface area contributed by atoms with Crippen LogP contribution in [0.5, 0.6) is 0 Å². The first-order valence-corrected chi connectivity index (χ1v) is 7.17. The molecule has 0 aliphatic heterocycles. The second-order valence-corrected chi connectivity index (χ2v) is 5.44. The summed E-state index contributed by atoms with van der Waals surface area (Å²) in [5, 5.41) is 15.7. The molecule has 0 aliphatic rings. The van der Waals surface area contributed by atoms with Gasteiger partial charge in [-0.05, 0) is 48.0 Å². The van der Waals surface area contributed by atoms with Gasteiger partial charge in [0.05, 0.1) is 28.6 Å². The number of nitrogens with zero attached hydrogens (tertiary/aromatic N) is 4. The molecule has 2 rings (SSSR count). The summed E-state index contributed by atoms with van der Waals surface area (Å²) >= 11 is 3.59. The maximum atomic E-state index is 4.44. The molecule has 1 unspecified atom stereocenters. The largest absolute Gasteiger partial charge is 0.305 e. The first kappa shape index (κ1) is 14.1. The first-order chi connectivity index (χ1) is 9.15. The molecule has 1 N–H and O–H groups in total. The number of hydrogen-bond acceptors (Lipinski definition) is 4. The van der Waals surface area contributed by atoms with Crippen LogP contribution in [0.3, 0.4) is 0 Å². The van der Waals surface area contributed by atoms with E-state index >= 15 is 0 Å². The lowest BCUT2D eigenvalue weighted by atomic mass is 10.1. The zero-order valence-corrected chi connectivity index (χ0v) is 12.9. The molecule has 0 bridgehead atoms. The third-order valence-electron chi connectivity index (χ3n) is 2.90. The predicted molar refractivity (Wildman–Crippen MR) is 77.9 cm³/mol. The summed E-state index contributed by atoms with van der Waals surface area (Å²) in [4.78, 5) is 0. The molecule has 0 aliphatic carbocycles. The highest BCUT2D eigenvalue weighted by Gasteiger charge is 2.22. The van der Waals surface area contributed by atoms with Gasteiger partial charge in [0.25, 0.3) is 0 Å². The molecular weight excluding hydrogens is 306 g/mol. The topological polar surface area (TPSA) is 55.6 Å². The molecule has 0 spiro atoms. The summed E-state index contributed by atoms with van der Waals surface area (Å²) in [6.07, 6.45) is 5.34. The summed E-state index contributed by atoms with van der Waals surface area (Å²) in [5.74, 6) is 0. The monoisotopic (exact) mass is 323 g/mol.